The van der Waals surface area contributed by atoms with E-state index in [4.69, 9.17) is 0 Å². The van der Waals surface area contributed by atoms with Gasteiger partial charge in [-0.15, -0.1) is 0 Å². The molecule has 0 radical (unpaired) electrons. The molecule has 1 aliphatic rings. The van der Waals surface area contributed by atoms with Crippen molar-refractivity contribution >= 4 is 16.9 Å². The first kappa shape index (κ1) is 22.9. The lowest BCUT2D eigenvalue weighted by atomic mass is 9.91. The molecule has 11 heteroatoms. The van der Waals surface area contributed by atoms with Crippen LogP contribution in [0.25, 0.3) is 16.7 Å². The molecule has 1 saturated heterocycles. The Balaban J connectivity index is 1.26. The van der Waals surface area contributed by atoms with Crippen molar-refractivity contribution in [3.63, 3.8) is 0 Å². The first-order valence-corrected chi connectivity index (χ1v) is 11.5. The van der Waals surface area contributed by atoms with Gasteiger partial charge in [0, 0.05) is 31.9 Å². The molecule has 4 heterocycles. The van der Waals surface area contributed by atoms with E-state index >= 15 is 0 Å². The number of halogens is 1. The van der Waals surface area contributed by atoms with E-state index in [1.165, 1.54) is 33.9 Å². The van der Waals surface area contributed by atoms with E-state index in [-0.39, 0.29) is 29.9 Å². The number of carbonyl (C=O) groups is 1. The van der Waals surface area contributed by atoms with Crippen LogP contribution in [0.15, 0.2) is 60.0 Å². The Hall–Kier alpha value is -3.86. The molecule has 1 fully saturated rings. The zero-order valence-electron chi connectivity index (χ0n) is 19.3. The van der Waals surface area contributed by atoms with E-state index in [1.54, 1.807) is 27.9 Å². The maximum atomic E-state index is 13.3. The smallest absolute Gasteiger partial charge is 0.264 e. The third-order valence-corrected chi connectivity index (χ3v) is 6.58. The van der Waals surface area contributed by atoms with Crippen LogP contribution in [0, 0.1) is 5.82 Å². The number of hydrogen-bond donors (Lipinski definition) is 1. The Morgan fingerprint density at radius 3 is 2.63 bits per heavy atom. The molecule has 5 rings (SSSR count). The second-order valence-corrected chi connectivity index (χ2v) is 9.09. The molecule has 0 aliphatic carbocycles. The quantitative estimate of drug-likeness (QED) is 0.452. The van der Waals surface area contributed by atoms with Crippen molar-refractivity contribution in [3.8, 4) is 5.69 Å². The summed E-state index contributed by atoms with van der Waals surface area (Å²) in [5, 5.41) is 19.9. The highest BCUT2D eigenvalue weighted by molar-refractivity contribution is 5.77. The van der Waals surface area contributed by atoms with Gasteiger partial charge in [0.1, 0.15) is 17.5 Å². The van der Waals surface area contributed by atoms with Gasteiger partial charge in [0.05, 0.1) is 30.1 Å². The van der Waals surface area contributed by atoms with Crippen molar-refractivity contribution in [2.75, 3.05) is 13.1 Å². The Morgan fingerprint density at radius 2 is 1.94 bits per heavy atom. The Morgan fingerprint density at radius 1 is 1.20 bits per heavy atom. The molecule has 0 bridgehead atoms. The van der Waals surface area contributed by atoms with Crippen molar-refractivity contribution in [2.45, 2.75) is 44.4 Å². The normalized spacial score (nSPS) is 16.5. The lowest BCUT2D eigenvalue weighted by Crippen LogP contribution is -2.49. The molecule has 35 heavy (non-hydrogen) atoms. The number of carbonyl (C=O) groups excluding carboxylic acids is 1. The molecule has 182 valence electrons. The van der Waals surface area contributed by atoms with Gasteiger partial charge >= 0.3 is 0 Å². The van der Waals surface area contributed by atoms with Gasteiger partial charge in [-0.25, -0.2) is 14.1 Å². The first-order chi connectivity index (χ1) is 16.8. The number of nitrogens with zero attached hydrogens (tertiary/aromatic N) is 7. The highest BCUT2D eigenvalue weighted by atomic mass is 19.1. The molecule has 1 atom stereocenters. The number of aliphatic hydroxyl groups is 1. The zero-order valence-corrected chi connectivity index (χ0v) is 19.3. The number of rotatable bonds is 6. The Labute approximate surface area is 200 Å². The first-order valence-electron chi connectivity index (χ1n) is 11.5. The second kappa shape index (κ2) is 9.06. The summed E-state index contributed by atoms with van der Waals surface area (Å²) < 4.78 is 17.9. The summed E-state index contributed by atoms with van der Waals surface area (Å²) in [6.45, 7) is 2.84. The summed E-state index contributed by atoms with van der Waals surface area (Å²) in [7, 11) is 0. The van der Waals surface area contributed by atoms with Crippen LogP contribution in [-0.2, 0) is 11.3 Å². The van der Waals surface area contributed by atoms with Crippen molar-refractivity contribution in [2.24, 2.45) is 0 Å². The number of fused-ring (bicyclic) bond motifs is 1. The highest BCUT2D eigenvalue weighted by Gasteiger charge is 2.35. The van der Waals surface area contributed by atoms with Crippen LogP contribution in [0.2, 0.25) is 0 Å². The fourth-order valence-electron chi connectivity index (χ4n) is 4.50. The number of likely N-dealkylation sites (tertiary alicyclic amines) is 1. The highest BCUT2D eigenvalue weighted by Crippen LogP contribution is 2.25. The predicted octanol–water partition coefficient (Wildman–Crippen LogP) is 1.92. The van der Waals surface area contributed by atoms with Crippen LogP contribution in [-0.4, -0.2) is 63.7 Å². The standard InChI is InChI=1S/C24H26FN7O3/c1-17(31-10-2-9-27-31)13-21(33)29-11-7-24(35,8-12-29)15-30-16-26-22-20(23(30)34)14-28-32(22)19-5-3-18(25)4-6-19/h2-6,9-10,14,16-17,35H,7-8,11-13,15H2,1H3/t17-/m0/s1. The van der Waals surface area contributed by atoms with Gasteiger partial charge in [-0.3, -0.25) is 18.8 Å². The fourth-order valence-corrected chi connectivity index (χ4v) is 4.50. The Bertz CT molecular complexity index is 1390. The van der Waals surface area contributed by atoms with E-state index in [1.807, 2.05) is 19.2 Å². The summed E-state index contributed by atoms with van der Waals surface area (Å²) in [5.74, 6) is -0.350. The van der Waals surface area contributed by atoms with Gasteiger partial charge in [0.15, 0.2) is 5.65 Å². The van der Waals surface area contributed by atoms with Crippen LogP contribution < -0.4 is 5.56 Å². The number of piperidine rings is 1. The number of benzene rings is 1. The van der Waals surface area contributed by atoms with E-state index in [9.17, 15) is 19.1 Å². The molecule has 10 nitrogen and oxygen atoms in total. The molecular weight excluding hydrogens is 453 g/mol. The molecule has 0 spiro atoms. The minimum Gasteiger partial charge on any atom is -0.388 e. The van der Waals surface area contributed by atoms with E-state index in [0.717, 1.165) is 0 Å². The van der Waals surface area contributed by atoms with Crippen molar-refractivity contribution in [3.05, 3.63) is 71.4 Å². The monoisotopic (exact) mass is 479 g/mol. The van der Waals surface area contributed by atoms with Crippen LogP contribution in [0.1, 0.15) is 32.2 Å². The van der Waals surface area contributed by atoms with Gasteiger partial charge in [0.25, 0.3) is 5.56 Å². The molecule has 1 aromatic carbocycles. The molecule has 1 aliphatic heterocycles. The summed E-state index contributed by atoms with van der Waals surface area (Å²) in [6, 6.07) is 7.52. The maximum absolute atomic E-state index is 13.3. The largest absolute Gasteiger partial charge is 0.388 e. The Kier molecular flexibility index (Phi) is 5.93. The number of aromatic nitrogens is 6. The summed E-state index contributed by atoms with van der Waals surface area (Å²) in [4.78, 5) is 31.9. The summed E-state index contributed by atoms with van der Waals surface area (Å²) in [5.41, 5.74) is -0.500. The molecule has 3 aromatic heterocycles. The van der Waals surface area contributed by atoms with E-state index < -0.39 is 5.60 Å². The maximum Gasteiger partial charge on any atom is 0.264 e. The predicted molar refractivity (Wildman–Crippen MR) is 125 cm³/mol. The van der Waals surface area contributed by atoms with Crippen molar-refractivity contribution in [1.82, 2.24) is 34.0 Å². The SMILES string of the molecule is C[C@@H](CC(=O)N1CCC(O)(Cn2cnc3c(cnn3-c3ccc(F)cc3)c2=O)CC1)n1cccn1. The topological polar surface area (TPSA) is 111 Å². The average Bonchev–Trinajstić information content (AvgIpc) is 3.53. The van der Waals surface area contributed by atoms with Crippen LogP contribution in [0.3, 0.4) is 0 Å². The minimum absolute atomic E-state index is 0.0171. The number of amides is 1. The molecule has 4 aromatic rings. The molecule has 1 N–H and O–H groups in total. The van der Waals surface area contributed by atoms with Crippen LogP contribution in [0.4, 0.5) is 4.39 Å². The summed E-state index contributed by atoms with van der Waals surface area (Å²) >= 11 is 0. The van der Waals surface area contributed by atoms with Crippen LogP contribution >= 0.6 is 0 Å². The second-order valence-electron chi connectivity index (χ2n) is 9.09. The van der Waals surface area contributed by atoms with Gasteiger partial charge in [-0.2, -0.15) is 10.2 Å². The minimum atomic E-state index is -1.13. The molecular formula is C24H26FN7O3. The summed E-state index contributed by atoms with van der Waals surface area (Å²) in [6.07, 6.45) is 7.38. The lowest BCUT2D eigenvalue weighted by Gasteiger charge is -2.38. The van der Waals surface area contributed by atoms with Gasteiger partial charge in [-0.1, -0.05) is 0 Å². The zero-order chi connectivity index (χ0) is 24.6. The number of hydrogen-bond acceptors (Lipinski definition) is 6. The van der Waals surface area contributed by atoms with E-state index in [2.05, 4.69) is 15.2 Å². The van der Waals surface area contributed by atoms with Crippen molar-refractivity contribution < 1.29 is 14.3 Å². The van der Waals surface area contributed by atoms with Gasteiger partial charge < -0.3 is 10.0 Å². The van der Waals surface area contributed by atoms with E-state index in [0.29, 0.717) is 49.1 Å². The van der Waals surface area contributed by atoms with Gasteiger partial charge in [0.2, 0.25) is 5.91 Å². The lowest BCUT2D eigenvalue weighted by molar-refractivity contribution is -0.136. The molecule has 0 unspecified atom stereocenters. The molecule has 0 saturated carbocycles. The van der Waals surface area contributed by atoms with Gasteiger partial charge in [-0.05, 0) is 50.1 Å². The van der Waals surface area contributed by atoms with Crippen LogP contribution in [0.5, 0.6) is 0 Å². The average molecular weight is 480 g/mol. The molecule has 1 amide bonds. The third kappa shape index (κ3) is 4.59. The van der Waals surface area contributed by atoms with Crippen molar-refractivity contribution in [1.29, 1.82) is 0 Å². The fraction of sp³-hybridized carbons (Fsp3) is 0.375. The third-order valence-electron chi connectivity index (χ3n) is 6.58.